The molecule has 4 aromatic rings. The van der Waals surface area contributed by atoms with E-state index in [-0.39, 0.29) is 31.0 Å². The van der Waals surface area contributed by atoms with E-state index in [1.165, 1.54) is 28.4 Å². The number of nitrogens with zero attached hydrogens (tertiary/aromatic N) is 2. The molecule has 0 radical (unpaired) electrons. The number of amides is 2. The average molecular weight is 490 g/mol. The smallest absolute Gasteiger partial charge is 0.418 e. The Morgan fingerprint density at radius 1 is 1.00 bits per heavy atom. The molecule has 3 aromatic carbocycles. The molecule has 0 aliphatic heterocycles. The second-order valence-corrected chi connectivity index (χ2v) is 8.70. The highest BCUT2D eigenvalue weighted by Crippen LogP contribution is 2.32. The second kappa shape index (κ2) is 10.8. The lowest BCUT2D eigenvalue weighted by molar-refractivity contribution is -0.120. The normalized spacial score (nSPS) is 10.7. The van der Waals surface area contributed by atoms with Gasteiger partial charge in [-0.2, -0.15) is 0 Å². The molecule has 0 atom stereocenters. The van der Waals surface area contributed by atoms with Crippen LogP contribution < -0.4 is 10.2 Å². The topological polar surface area (TPSA) is 109 Å². The highest BCUT2D eigenvalue weighted by atomic mass is 32.1. The lowest BCUT2D eigenvalue weighted by atomic mass is 10.1. The van der Waals surface area contributed by atoms with Crippen LogP contribution in [0.3, 0.4) is 0 Å². The Balaban J connectivity index is 1.49. The predicted molar refractivity (Wildman–Crippen MR) is 134 cm³/mol. The van der Waals surface area contributed by atoms with Gasteiger partial charge in [0.2, 0.25) is 5.91 Å². The van der Waals surface area contributed by atoms with Crippen molar-refractivity contribution in [3.05, 3.63) is 88.9 Å². The molecule has 9 heteroatoms. The van der Waals surface area contributed by atoms with E-state index in [0.717, 1.165) is 10.2 Å². The minimum absolute atomic E-state index is 0.0909. The maximum absolute atomic E-state index is 12.7. The van der Waals surface area contributed by atoms with E-state index in [1.807, 2.05) is 42.5 Å². The molecule has 0 bridgehead atoms. The molecular formula is C26H23N3O5S. The number of anilines is 2. The fraction of sp³-hybridized carbons (Fsp3) is 0.154. The lowest BCUT2D eigenvalue weighted by Gasteiger charge is -2.22. The molecule has 1 heterocycles. The molecule has 0 saturated carbocycles. The van der Waals surface area contributed by atoms with Crippen molar-refractivity contribution in [1.29, 1.82) is 0 Å². The number of para-hydroxylation sites is 1. The van der Waals surface area contributed by atoms with Crippen molar-refractivity contribution in [3.8, 4) is 0 Å². The number of nitrogens with one attached hydrogen (secondary N) is 1. The molecule has 0 aliphatic rings. The third-order valence-electron chi connectivity index (χ3n) is 5.11. The minimum atomic E-state index is -1.01. The van der Waals surface area contributed by atoms with Gasteiger partial charge in [-0.3, -0.25) is 4.79 Å². The first-order chi connectivity index (χ1) is 16.9. The van der Waals surface area contributed by atoms with E-state index >= 15 is 0 Å². The summed E-state index contributed by atoms with van der Waals surface area (Å²) in [6.45, 7) is 2.24. The second-order valence-electron chi connectivity index (χ2n) is 7.59. The fourth-order valence-electron chi connectivity index (χ4n) is 3.52. The number of fused-ring (bicyclic) bond motifs is 1. The van der Waals surface area contributed by atoms with Crippen LogP contribution in [0, 0.1) is 0 Å². The van der Waals surface area contributed by atoms with Gasteiger partial charge in [0.1, 0.15) is 5.01 Å². The van der Waals surface area contributed by atoms with Crippen LogP contribution in [0.2, 0.25) is 0 Å². The van der Waals surface area contributed by atoms with Crippen LogP contribution in [-0.4, -0.2) is 34.7 Å². The number of carbonyl (C=O) groups is 3. The van der Waals surface area contributed by atoms with Gasteiger partial charge in [-0.15, -0.1) is 11.3 Å². The van der Waals surface area contributed by atoms with Gasteiger partial charge in [-0.05, 0) is 55.0 Å². The fourth-order valence-corrected chi connectivity index (χ4v) is 4.51. The zero-order valence-corrected chi connectivity index (χ0v) is 19.7. The Labute approximate surface area is 205 Å². The highest BCUT2D eigenvalue weighted by Gasteiger charge is 2.20. The van der Waals surface area contributed by atoms with Gasteiger partial charge >= 0.3 is 12.1 Å². The number of carbonyl (C=O) groups excluding carboxylic acids is 2. The molecule has 0 saturated heterocycles. The Kier molecular flexibility index (Phi) is 7.37. The summed E-state index contributed by atoms with van der Waals surface area (Å²) in [5.41, 5.74) is 2.92. The largest absolute Gasteiger partial charge is 0.478 e. The van der Waals surface area contributed by atoms with Crippen molar-refractivity contribution in [2.45, 2.75) is 19.9 Å². The molecule has 35 heavy (non-hydrogen) atoms. The van der Waals surface area contributed by atoms with Crippen LogP contribution in [0.15, 0.2) is 72.8 Å². The summed E-state index contributed by atoms with van der Waals surface area (Å²) < 4.78 is 6.09. The number of benzene rings is 3. The number of carboxylic acids is 1. The highest BCUT2D eigenvalue weighted by molar-refractivity contribution is 7.18. The third kappa shape index (κ3) is 5.82. The molecule has 1 aromatic heterocycles. The summed E-state index contributed by atoms with van der Waals surface area (Å²) in [7, 11) is 0. The number of hydrogen-bond acceptors (Lipinski definition) is 6. The Hall–Kier alpha value is -4.24. The van der Waals surface area contributed by atoms with Crippen LogP contribution in [0.5, 0.6) is 0 Å². The average Bonchev–Trinajstić information content (AvgIpc) is 3.25. The monoisotopic (exact) mass is 489 g/mol. The number of aromatic carboxylic acids is 1. The van der Waals surface area contributed by atoms with Gasteiger partial charge in [0.15, 0.2) is 0 Å². The van der Waals surface area contributed by atoms with Crippen LogP contribution in [0.1, 0.15) is 27.9 Å². The number of ether oxygens (including phenoxy) is 1. The van der Waals surface area contributed by atoms with E-state index in [9.17, 15) is 14.4 Å². The maximum atomic E-state index is 12.7. The van der Waals surface area contributed by atoms with Gasteiger partial charge in [0.05, 0.1) is 40.2 Å². The quantitative estimate of drug-likeness (QED) is 0.354. The van der Waals surface area contributed by atoms with Gasteiger partial charge in [-0.25, -0.2) is 19.5 Å². The Morgan fingerprint density at radius 2 is 1.80 bits per heavy atom. The zero-order chi connectivity index (χ0) is 24.8. The molecular weight excluding hydrogens is 466 g/mol. The number of rotatable bonds is 8. The first-order valence-corrected chi connectivity index (χ1v) is 11.8. The number of carboxylic acid groups (broad SMARTS) is 1. The number of aromatic nitrogens is 1. The van der Waals surface area contributed by atoms with Gasteiger partial charge in [-0.1, -0.05) is 30.3 Å². The molecule has 0 spiro atoms. The lowest BCUT2D eigenvalue weighted by Crippen LogP contribution is -2.26. The molecule has 2 amide bonds. The Morgan fingerprint density at radius 3 is 2.54 bits per heavy atom. The summed E-state index contributed by atoms with van der Waals surface area (Å²) >= 11 is 1.38. The van der Waals surface area contributed by atoms with E-state index in [2.05, 4.69) is 10.3 Å². The van der Waals surface area contributed by atoms with E-state index in [0.29, 0.717) is 21.9 Å². The zero-order valence-electron chi connectivity index (χ0n) is 18.9. The third-order valence-corrected chi connectivity index (χ3v) is 6.13. The molecule has 178 valence electrons. The van der Waals surface area contributed by atoms with Crippen molar-refractivity contribution in [1.82, 2.24) is 10.3 Å². The predicted octanol–water partition coefficient (Wildman–Crippen LogP) is 5.15. The Bertz CT molecular complexity index is 1370. The molecule has 0 fully saturated rings. The van der Waals surface area contributed by atoms with Gasteiger partial charge in [0, 0.05) is 6.54 Å². The minimum Gasteiger partial charge on any atom is -0.478 e. The van der Waals surface area contributed by atoms with Gasteiger partial charge in [0.25, 0.3) is 0 Å². The maximum Gasteiger partial charge on any atom is 0.418 e. The van der Waals surface area contributed by atoms with Crippen molar-refractivity contribution in [2.24, 2.45) is 0 Å². The molecule has 8 nitrogen and oxygen atoms in total. The van der Waals surface area contributed by atoms with Crippen molar-refractivity contribution in [3.63, 3.8) is 0 Å². The summed E-state index contributed by atoms with van der Waals surface area (Å²) in [5.74, 6) is -1.23. The molecule has 4 rings (SSSR count). The molecule has 0 unspecified atom stereocenters. The van der Waals surface area contributed by atoms with Gasteiger partial charge < -0.3 is 15.2 Å². The van der Waals surface area contributed by atoms with E-state index in [4.69, 9.17) is 9.84 Å². The van der Waals surface area contributed by atoms with Crippen molar-refractivity contribution < 1.29 is 24.2 Å². The summed E-state index contributed by atoms with van der Waals surface area (Å²) in [5, 5.41) is 12.5. The molecule has 0 aliphatic carbocycles. The summed E-state index contributed by atoms with van der Waals surface area (Å²) in [6, 6.07) is 21.1. The van der Waals surface area contributed by atoms with Crippen LogP contribution in [-0.2, 0) is 22.5 Å². The van der Waals surface area contributed by atoms with Crippen molar-refractivity contribution >= 4 is 50.9 Å². The number of hydrogen-bond donors (Lipinski definition) is 2. The van der Waals surface area contributed by atoms with E-state index < -0.39 is 12.1 Å². The van der Waals surface area contributed by atoms with Crippen molar-refractivity contribution in [2.75, 3.05) is 11.5 Å². The first-order valence-electron chi connectivity index (χ1n) is 10.9. The van der Waals surface area contributed by atoms with Crippen LogP contribution in [0.4, 0.5) is 16.2 Å². The first kappa shape index (κ1) is 23.9. The molecule has 2 N–H and O–H groups in total. The van der Waals surface area contributed by atoms with Crippen LogP contribution in [0.25, 0.3) is 10.2 Å². The summed E-state index contributed by atoms with van der Waals surface area (Å²) in [4.78, 5) is 42.3. The van der Waals surface area contributed by atoms with Crippen LogP contribution >= 0.6 is 11.3 Å². The standard InChI is InChI=1S/C26H23N3O5S/c1-2-34-26(33)29(19-9-4-3-5-10-19)20-11-12-21-22(14-20)35-24(28-21)15-23(30)27-16-17-7-6-8-18(13-17)25(31)32/h3-14H,2,15-16H2,1H3,(H,27,30)(H,31,32). The SMILES string of the molecule is CCOC(=O)N(c1ccccc1)c1ccc2nc(CC(=O)NCc3cccc(C(=O)O)c3)sc2c1. The number of thiazole rings is 1. The summed E-state index contributed by atoms with van der Waals surface area (Å²) in [6.07, 6.45) is -0.387. The van der Waals surface area contributed by atoms with E-state index in [1.54, 1.807) is 25.1 Å².